The summed E-state index contributed by atoms with van der Waals surface area (Å²) in [6.07, 6.45) is 3.59. The van der Waals surface area contributed by atoms with Gasteiger partial charge in [-0.1, -0.05) is 0 Å². The summed E-state index contributed by atoms with van der Waals surface area (Å²) in [5, 5.41) is 3.20. The summed E-state index contributed by atoms with van der Waals surface area (Å²) in [5.74, 6) is 0.142. The predicted molar refractivity (Wildman–Crippen MR) is 70.2 cm³/mol. The van der Waals surface area contributed by atoms with Crippen molar-refractivity contribution in [2.24, 2.45) is 11.1 Å². The van der Waals surface area contributed by atoms with E-state index in [9.17, 15) is 4.79 Å². The molecule has 0 aromatic heterocycles. The molecule has 0 atom stereocenters. The number of rotatable bonds is 3. The minimum absolute atomic E-state index is 0.142. The fourth-order valence-corrected chi connectivity index (χ4v) is 2.78. The van der Waals surface area contributed by atoms with Crippen molar-refractivity contribution in [2.75, 3.05) is 39.9 Å². The van der Waals surface area contributed by atoms with Gasteiger partial charge in [-0.05, 0) is 45.8 Å². The van der Waals surface area contributed by atoms with Crippen LogP contribution in [-0.4, -0.2) is 56.7 Å². The van der Waals surface area contributed by atoms with E-state index in [2.05, 4.69) is 17.3 Å². The highest BCUT2D eigenvalue weighted by atomic mass is 16.5. The summed E-state index contributed by atoms with van der Waals surface area (Å²) >= 11 is 0. The number of ether oxygens (including phenoxy) is 1. The number of hydrogen-bond acceptors (Lipinski definition) is 4. The number of amides is 1. The first-order valence-electron chi connectivity index (χ1n) is 6.94. The van der Waals surface area contributed by atoms with Gasteiger partial charge in [0.2, 0.25) is 5.91 Å². The fraction of sp³-hybridized carbons (Fsp3) is 0.923. The number of carbonyl (C=O) groups excluding carboxylic acids is 1. The summed E-state index contributed by atoms with van der Waals surface area (Å²) < 4.78 is 5.34. The molecule has 0 aliphatic carbocycles. The van der Waals surface area contributed by atoms with E-state index in [4.69, 9.17) is 10.5 Å². The molecule has 2 rings (SSSR count). The lowest BCUT2D eigenvalue weighted by atomic mass is 9.79. The molecule has 2 aliphatic heterocycles. The number of hydrogen-bond donors (Lipinski definition) is 2. The van der Waals surface area contributed by atoms with Crippen LogP contribution >= 0.6 is 0 Å². The molecule has 2 fully saturated rings. The predicted octanol–water partition coefficient (Wildman–Crippen LogP) is -0.0477. The zero-order valence-electron chi connectivity index (χ0n) is 11.3. The molecule has 2 saturated heterocycles. The van der Waals surface area contributed by atoms with E-state index in [1.807, 2.05) is 0 Å². The van der Waals surface area contributed by atoms with Gasteiger partial charge in [-0.3, -0.25) is 4.79 Å². The van der Waals surface area contributed by atoms with E-state index in [0.29, 0.717) is 25.8 Å². The van der Waals surface area contributed by atoms with Crippen LogP contribution in [0.1, 0.15) is 25.7 Å². The Morgan fingerprint density at radius 1 is 1.39 bits per heavy atom. The van der Waals surface area contributed by atoms with Gasteiger partial charge in [-0.15, -0.1) is 0 Å². The standard InChI is InChI=1S/C13H25N3O2/c1-16-6-2-11(3-7-16)15-12(17)13(10-14)4-8-18-9-5-13/h11H,2-10,14H2,1H3,(H,15,17). The SMILES string of the molecule is CN1CCC(NC(=O)C2(CN)CCOCC2)CC1. The van der Waals surface area contributed by atoms with Crippen LogP contribution in [0.5, 0.6) is 0 Å². The molecule has 1 amide bonds. The lowest BCUT2D eigenvalue weighted by Crippen LogP contribution is -2.53. The van der Waals surface area contributed by atoms with E-state index in [1.165, 1.54) is 0 Å². The molecule has 0 bridgehead atoms. The molecule has 0 spiro atoms. The van der Waals surface area contributed by atoms with Crippen LogP contribution < -0.4 is 11.1 Å². The smallest absolute Gasteiger partial charge is 0.227 e. The van der Waals surface area contributed by atoms with Crippen LogP contribution in [-0.2, 0) is 9.53 Å². The first-order valence-corrected chi connectivity index (χ1v) is 6.94. The van der Waals surface area contributed by atoms with E-state index in [0.717, 1.165) is 38.8 Å². The van der Waals surface area contributed by atoms with Crippen molar-refractivity contribution in [3.8, 4) is 0 Å². The van der Waals surface area contributed by atoms with Gasteiger partial charge < -0.3 is 20.7 Å². The molecule has 5 heteroatoms. The average Bonchev–Trinajstić information content (AvgIpc) is 2.42. The van der Waals surface area contributed by atoms with Crippen LogP contribution in [0.15, 0.2) is 0 Å². The molecular formula is C13H25N3O2. The number of nitrogens with two attached hydrogens (primary N) is 1. The number of piperidine rings is 1. The van der Waals surface area contributed by atoms with Crippen LogP contribution in [0.3, 0.4) is 0 Å². The van der Waals surface area contributed by atoms with Gasteiger partial charge in [0.1, 0.15) is 0 Å². The molecule has 0 saturated carbocycles. The van der Waals surface area contributed by atoms with Crippen LogP contribution in [0, 0.1) is 5.41 Å². The molecule has 0 aromatic rings. The highest BCUT2D eigenvalue weighted by Gasteiger charge is 2.39. The van der Waals surface area contributed by atoms with Crippen LogP contribution in [0.2, 0.25) is 0 Å². The molecule has 18 heavy (non-hydrogen) atoms. The first-order chi connectivity index (χ1) is 8.66. The molecule has 5 nitrogen and oxygen atoms in total. The minimum Gasteiger partial charge on any atom is -0.381 e. The van der Waals surface area contributed by atoms with Gasteiger partial charge >= 0.3 is 0 Å². The van der Waals surface area contributed by atoms with Gasteiger partial charge in [0.05, 0.1) is 5.41 Å². The van der Waals surface area contributed by atoms with Crippen molar-refractivity contribution >= 4 is 5.91 Å². The fourth-order valence-electron chi connectivity index (χ4n) is 2.78. The Bertz CT molecular complexity index is 282. The Kier molecular flexibility index (Phi) is 4.59. The second-order valence-corrected chi connectivity index (χ2v) is 5.65. The molecule has 0 aromatic carbocycles. The number of carbonyl (C=O) groups is 1. The van der Waals surface area contributed by atoms with Gasteiger partial charge in [-0.2, -0.15) is 0 Å². The minimum atomic E-state index is -0.387. The summed E-state index contributed by atoms with van der Waals surface area (Å²) in [7, 11) is 2.12. The Morgan fingerprint density at radius 2 is 2.00 bits per heavy atom. The maximum Gasteiger partial charge on any atom is 0.227 e. The topological polar surface area (TPSA) is 67.6 Å². The normalized spacial score (nSPS) is 25.9. The second kappa shape index (κ2) is 5.99. The Morgan fingerprint density at radius 3 is 2.56 bits per heavy atom. The summed E-state index contributed by atoms with van der Waals surface area (Å²) in [6.45, 7) is 3.85. The average molecular weight is 255 g/mol. The molecule has 3 N–H and O–H groups in total. The molecule has 0 unspecified atom stereocenters. The van der Waals surface area contributed by atoms with Gasteiger partial charge in [0, 0.05) is 25.8 Å². The van der Waals surface area contributed by atoms with E-state index < -0.39 is 0 Å². The third-order valence-electron chi connectivity index (χ3n) is 4.38. The van der Waals surface area contributed by atoms with Crippen molar-refractivity contribution in [3.05, 3.63) is 0 Å². The Hall–Kier alpha value is -0.650. The Labute approximate surface area is 109 Å². The first kappa shape index (κ1) is 13.8. The number of likely N-dealkylation sites (tertiary alicyclic amines) is 1. The summed E-state index contributed by atoms with van der Waals surface area (Å²) in [5.41, 5.74) is 5.45. The van der Waals surface area contributed by atoms with Gasteiger partial charge in [0.25, 0.3) is 0 Å². The van der Waals surface area contributed by atoms with Crippen molar-refractivity contribution < 1.29 is 9.53 Å². The van der Waals surface area contributed by atoms with Crippen LogP contribution in [0.4, 0.5) is 0 Å². The molecule has 0 radical (unpaired) electrons. The maximum absolute atomic E-state index is 12.4. The lowest BCUT2D eigenvalue weighted by Gasteiger charge is -2.37. The molecular weight excluding hydrogens is 230 g/mol. The van der Waals surface area contributed by atoms with Crippen molar-refractivity contribution in [3.63, 3.8) is 0 Å². The van der Waals surface area contributed by atoms with Gasteiger partial charge in [-0.25, -0.2) is 0 Å². The summed E-state index contributed by atoms with van der Waals surface area (Å²) in [6, 6.07) is 0.319. The number of nitrogens with one attached hydrogen (secondary N) is 1. The lowest BCUT2D eigenvalue weighted by molar-refractivity contribution is -0.137. The highest BCUT2D eigenvalue weighted by molar-refractivity contribution is 5.83. The monoisotopic (exact) mass is 255 g/mol. The van der Waals surface area contributed by atoms with Crippen molar-refractivity contribution in [1.29, 1.82) is 0 Å². The Balaban J connectivity index is 1.89. The van der Waals surface area contributed by atoms with Crippen molar-refractivity contribution in [2.45, 2.75) is 31.7 Å². The summed E-state index contributed by atoms with van der Waals surface area (Å²) in [4.78, 5) is 14.7. The largest absolute Gasteiger partial charge is 0.381 e. The highest BCUT2D eigenvalue weighted by Crippen LogP contribution is 2.30. The quantitative estimate of drug-likeness (QED) is 0.742. The molecule has 104 valence electrons. The van der Waals surface area contributed by atoms with Crippen molar-refractivity contribution in [1.82, 2.24) is 10.2 Å². The zero-order valence-corrected chi connectivity index (χ0v) is 11.3. The second-order valence-electron chi connectivity index (χ2n) is 5.65. The van der Waals surface area contributed by atoms with Crippen LogP contribution in [0.25, 0.3) is 0 Å². The third kappa shape index (κ3) is 3.02. The maximum atomic E-state index is 12.4. The number of nitrogens with zero attached hydrogens (tertiary/aromatic N) is 1. The van der Waals surface area contributed by atoms with E-state index in [-0.39, 0.29) is 11.3 Å². The van der Waals surface area contributed by atoms with E-state index >= 15 is 0 Å². The van der Waals surface area contributed by atoms with Gasteiger partial charge in [0.15, 0.2) is 0 Å². The zero-order chi connectivity index (χ0) is 13.0. The van der Waals surface area contributed by atoms with E-state index in [1.54, 1.807) is 0 Å². The third-order valence-corrected chi connectivity index (χ3v) is 4.38. The molecule has 2 heterocycles. The molecule has 2 aliphatic rings.